The second kappa shape index (κ2) is 8.83. The molecule has 2 rings (SSSR count). The zero-order chi connectivity index (χ0) is 17.5. The van der Waals surface area contributed by atoms with E-state index in [-0.39, 0.29) is 24.2 Å². The lowest BCUT2D eigenvalue weighted by atomic mass is 10.0. The van der Waals surface area contributed by atoms with Crippen molar-refractivity contribution in [2.75, 3.05) is 26.7 Å². The molecule has 24 heavy (non-hydrogen) atoms. The molecule has 132 valence electrons. The van der Waals surface area contributed by atoms with E-state index in [4.69, 9.17) is 4.74 Å². The topological polar surface area (TPSA) is 58.6 Å². The van der Waals surface area contributed by atoms with Gasteiger partial charge < -0.3 is 15.0 Å². The summed E-state index contributed by atoms with van der Waals surface area (Å²) in [4.78, 5) is 26.4. The maximum atomic E-state index is 12.4. The van der Waals surface area contributed by atoms with Crippen molar-refractivity contribution in [2.24, 2.45) is 0 Å². The number of Topliss-reactive ketones (excluding diaryl/α,β-unsaturated/α-hetero) is 1. The number of piperidine rings is 1. The molecular formula is C19H28N2O3. The summed E-state index contributed by atoms with van der Waals surface area (Å²) in [5.74, 6) is 0.624. The lowest BCUT2D eigenvalue weighted by molar-refractivity contribution is -0.121. The number of carbonyl (C=O) groups is 2. The van der Waals surface area contributed by atoms with Crippen LogP contribution in [0.5, 0.6) is 5.75 Å². The number of methoxy groups -OCH3 is 1. The Morgan fingerprint density at radius 3 is 2.58 bits per heavy atom. The van der Waals surface area contributed by atoms with Crippen molar-refractivity contribution >= 4 is 11.7 Å². The molecule has 0 atom stereocenters. The number of benzene rings is 1. The molecular weight excluding hydrogens is 304 g/mol. The Morgan fingerprint density at radius 1 is 1.29 bits per heavy atom. The monoisotopic (exact) mass is 332 g/mol. The summed E-state index contributed by atoms with van der Waals surface area (Å²) in [5.41, 5.74) is 1.36. The standard InChI is InChI=1S/C19H28N2O3/c1-4-9-21-10-7-17(8-11-21)20-19(23)13-16-12-15(14(2)22)5-6-18(16)24-3/h5-6,12,17H,4,7-11,13H2,1-3H3,(H,20,23). The molecule has 1 heterocycles. The molecule has 0 spiro atoms. The van der Waals surface area contributed by atoms with E-state index in [1.54, 1.807) is 25.3 Å². The minimum atomic E-state index is -0.0115. The quantitative estimate of drug-likeness (QED) is 0.779. The van der Waals surface area contributed by atoms with Crippen molar-refractivity contribution < 1.29 is 14.3 Å². The fraction of sp³-hybridized carbons (Fsp3) is 0.579. The minimum Gasteiger partial charge on any atom is -0.496 e. The van der Waals surface area contributed by atoms with E-state index in [1.807, 2.05) is 0 Å². The van der Waals surface area contributed by atoms with Crippen LogP contribution in [0.3, 0.4) is 0 Å². The molecule has 0 aliphatic carbocycles. The molecule has 1 aromatic rings. The van der Waals surface area contributed by atoms with Crippen LogP contribution in [0.15, 0.2) is 18.2 Å². The number of nitrogens with one attached hydrogen (secondary N) is 1. The highest BCUT2D eigenvalue weighted by molar-refractivity contribution is 5.94. The number of carbonyl (C=O) groups excluding carboxylic acids is 2. The number of amides is 1. The predicted molar refractivity (Wildman–Crippen MR) is 94.6 cm³/mol. The van der Waals surface area contributed by atoms with Crippen LogP contribution < -0.4 is 10.1 Å². The molecule has 0 saturated carbocycles. The van der Waals surface area contributed by atoms with Gasteiger partial charge in [-0.2, -0.15) is 0 Å². The molecule has 0 aromatic heterocycles. The smallest absolute Gasteiger partial charge is 0.224 e. The van der Waals surface area contributed by atoms with Crippen LogP contribution in [0.25, 0.3) is 0 Å². The second-order valence-electron chi connectivity index (χ2n) is 6.44. The molecule has 0 unspecified atom stereocenters. The Labute approximate surface area is 144 Å². The van der Waals surface area contributed by atoms with Crippen molar-refractivity contribution in [1.29, 1.82) is 0 Å². The van der Waals surface area contributed by atoms with Crippen LogP contribution >= 0.6 is 0 Å². The zero-order valence-corrected chi connectivity index (χ0v) is 14.9. The van der Waals surface area contributed by atoms with Gasteiger partial charge in [0.25, 0.3) is 0 Å². The van der Waals surface area contributed by atoms with Gasteiger partial charge in [0.05, 0.1) is 13.5 Å². The fourth-order valence-electron chi connectivity index (χ4n) is 3.20. The first kappa shape index (κ1) is 18.5. The zero-order valence-electron chi connectivity index (χ0n) is 14.9. The van der Waals surface area contributed by atoms with Gasteiger partial charge in [-0.25, -0.2) is 0 Å². The Balaban J connectivity index is 1.93. The van der Waals surface area contributed by atoms with Crippen molar-refractivity contribution in [3.63, 3.8) is 0 Å². The summed E-state index contributed by atoms with van der Waals surface area (Å²) in [6.45, 7) is 6.94. The SMILES string of the molecule is CCCN1CCC(NC(=O)Cc2cc(C(C)=O)ccc2OC)CC1. The number of hydrogen-bond donors (Lipinski definition) is 1. The highest BCUT2D eigenvalue weighted by atomic mass is 16.5. The first-order chi connectivity index (χ1) is 11.5. The number of nitrogens with zero attached hydrogens (tertiary/aromatic N) is 1. The van der Waals surface area contributed by atoms with E-state index in [9.17, 15) is 9.59 Å². The van der Waals surface area contributed by atoms with Gasteiger partial charge in [-0.1, -0.05) is 6.92 Å². The first-order valence-electron chi connectivity index (χ1n) is 8.73. The summed E-state index contributed by atoms with van der Waals surface area (Å²) in [7, 11) is 1.58. The number of ether oxygens (including phenoxy) is 1. The van der Waals surface area contributed by atoms with Gasteiger partial charge in [0.1, 0.15) is 5.75 Å². The van der Waals surface area contributed by atoms with Crippen LogP contribution in [0, 0.1) is 0 Å². The molecule has 0 bridgehead atoms. The second-order valence-corrected chi connectivity index (χ2v) is 6.44. The third-order valence-electron chi connectivity index (χ3n) is 4.53. The molecule has 1 N–H and O–H groups in total. The van der Waals surface area contributed by atoms with Gasteiger partial charge in [-0.15, -0.1) is 0 Å². The van der Waals surface area contributed by atoms with E-state index in [1.165, 1.54) is 13.3 Å². The van der Waals surface area contributed by atoms with E-state index in [2.05, 4.69) is 17.1 Å². The molecule has 1 aliphatic heterocycles. The van der Waals surface area contributed by atoms with E-state index in [0.717, 1.165) is 38.0 Å². The number of ketones is 1. The third kappa shape index (κ3) is 5.06. The summed E-state index contributed by atoms with van der Waals surface area (Å²) < 4.78 is 5.31. The Bertz CT molecular complexity index is 578. The van der Waals surface area contributed by atoms with Crippen LogP contribution in [0.2, 0.25) is 0 Å². The van der Waals surface area contributed by atoms with Crippen LogP contribution in [0.4, 0.5) is 0 Å². The largest absolute Gasteiger partial charge is 0.496 e. The highest BCUT2D eigenvalue weighted by Gasteiger charge is 2.20. The van der Waals surface area contributed by atoms with Gasteiger partial charge in [0.2, 0.25) is 5.91 Å². The van der Waals surface area contributed by atoms with Gasteiger partial charge in [0.15, 0.2) is 5.78 Å². The molecule has 1 saturated heterocycles. The molecule has 5 heteroatoms. The normalized spacial score (nSPS) is 16.0. The maximum absolute atomic E-state index is 12.4. The van der Waals surface area contributed by atoms with E-state index in [0.29, 0.717) is 11.3 Å². The van der Waals surface area contributed by atoms with Gasteiger partial charge in [0, 0.05) is 30.3 Å². The molecule has 1 amide bonds. The summed E-state index contributed by atoms with van der Waals surface area (Å²) in [6, 6.07) is 5.48. The average Bonchev–Trinajstić information content (AvgIpc) is 2.56. The van der Waals surface area contributed by atoms with Crippen molar-refractivity contribution in [2.45, 2.75) is 45.6 Å². The van der Waals surface area contributed by atoms with Crippen molar-refractivity contribution in [3.8, 4) is 5.75 Å². The average molecular weight is 332 g/mol. The Hall–Kier alpha value is -1.88. The Morgan fingerprint density at radius 2 is 2.00 bits per heavy atom. The lowest BCUT2D eigenvalue weighted by Crippen LogP contribution is -2.45. The summed E-state index contributed by atoms with van der Waals surface area (Å²) in [5, 5.41) is 3.12. The van der Waals surface area contributed by atoms with E-state index < -0.39 is 0 Å². The van der Waals surface area contributed by atoms with Gasteiger partial charge in [-0.05, 0) is 50.9 Å². The minimum absolute atomic E-state index is 0.0112. The number of likely N-dealkylation sites (tertiary alicyclic amines) is 1. The number of rotatable bonds is 7. The molecule has 5 nitrogen and oxygen atoms in total. The summed E-state index contributed by atoms with van der Waals surface area (Å²) >= 11 is 0. The fourth-order valence-corrected chi connectivity index (χ4v) is 3.20. The van der Waals surface area contributed by atoms with Crippen LogP contribution in [-0.2, 0) is 11.2 Å². The molecule has 1 aliphatic rings. The number of hydrogen-bond acceptors (Lipinski definition) is 4. The predicted octanol–water partition coefficient (Wildman–Crippen LogP) is 2.43. The molecule has 1 aromatic carbocycles. The first-order valence-corrected chi connectivity index (χ1v) is 8.73. The van der Waals surface area contributed by atoms with Crippen LogP contribution in [-0.4, -0.2) is 49.4 Å². The summed E-state index contributed by atoms with van der Waals surface area (Å²) in [6.07, 6.45) is 3.40. The van der Waals surface area contributed by atoms with Crippen LogP contribution in [0.1, 0.15) is 49.0 Å². The lowest BCUT2D eigenvalue weighted by Gasteiger charge is -2.32. The third-order valence-corrected chi connectivity index (χ3v) is 4.53. The van der Waals surface area contributed by atoms with Crippen molar-refractivity contribution in [1.82, 2.24) is 10.2 Å². The Kier molecular flexibility index (Phi) is 6.79. The van der Waals surface area contributed by atoms with Gasteiger partial charge >= 0.3 is 0 Å². The van der Waals surface area contributed by atoms with Gasteiger partial charge in [-0.3, -0.25) is 9.59 Å². The molecule has 1 fully saturated rings. The van der Waals surface area contributed by atoms with Crippen molar-refractivity contribution in [3.05, 3.63) is 29.3 Å². The van der Waals surface area contributed by atoms with E-state index >= 15 is 0 Å². The molecule has 0 radical (unpaired) electrons. The highest BCUT2D eigenvalue weighted by Crippen LogP contribution is 2.21. The maximum Gasteiger partial charge on any atom is 0.224 e.